The third kappa shape index (κ3) is 3.52. The molecule has 1 aromatic heterocycles. The molecule has 25 heavy (non-hydrogen) atoms. The summed E-state index contributed by atoms with van der Waals surface area (Å²) >= 11 is 0. The van der Waals surface area contributed by atoms with Crippen molar-refractivity contribution in [1.29, 1.82) is 5.26 Å². The molecule has 0 saturated carbocycles. The Labute approximate surface area is 145 Å². The van der Waals surface area contributed by atoms with Crippen LogP contribution in [0.2, 0.25) is 0 Å². The van der Waals surface area contributed by atoms with Crippen LogP contribution in [0.1, 0.15) is 25.3 Å². The van der Waals surface area contributed by atoms with Crippen molar-refractivity contribution in [2.24, 2.45) is 5.41 Å². The van der Waals surface area contributed by atoms with Gasteiger partial charge in [-0.05, 0) is 31.2 Å². The van der Waals surface area contributed by atoms with Crippen LogP contribution in [-0.2, 0) is 6.54 Å². The minimum absolute atomic E-state index is 0.0408. The molecule has 1 aliphatic heterocycles. The first-order valence-electron chi connectivity index (χ1n) is 8.20. The first-order valence-corrected chi connectivity index (χ1v) is 8.20. The standard InChI is InChI=1S/C19H20F2N2O2/c1-19(3-5-22)4-6-23(11-18(19)21)10-14-8-17(24)15(9-16(14)20)13-2-7-25-12-13/h2,7-9,12,18,24H,3-4,6,10-11H2,1H3. The minimum atomic E-state index is -1.14. The Morgan fingerprint density at radius 2 is 2.28 bits per heavy atom. The Morgan fingerprint density at radius 1 is 1.48 bits per heavy atom. The lowest BCUT2D eigenvalue weighted by Crippen LogP contribution is -2.47. The number of nitriles is 1. The van der Waals surface area contributed by atoms with Gasteiger partial charge in [0, 0.05) is 41.6 Å². The highest BCUT2D eigenvalue weighted by Gasteiger charge is 2.39. The van der Waals surface area contributed by atoms with Crippen molar-refractivity contribution in [3.63, 3.8) is 0 Å². The highest BCUT2D eigenvalue weighted by Crippen LogP contribution is 2.38. The highest BCUT2D eigenvalue weighted by atomic mass is 19.1. The Balaban J connectivity index is 1.74. The van der Waals surface area contributed by atoms with E-state index in [1.54, 1.807) is 13.0 Å². The Morgan fingerprint density at radius 3 is 2.92 bits per heavy atom. The molecule has 4 nitrogen and oxygen atoms in total. The second-order valence-electron chi connectivity index (χ2n) is 6.91. The van der Waals surface area contributed by atoms with E-state index in [4.69, 9.17) is 9.68 Å². The molecule has 0 radical (unpaired) electrons. The van der Waals surface area contributed by atoms with Gasteiger partial charge in [-0.15, -0.1) is 0 Å². The zero-order valence-corrected chi connectivity index (χ0v) is 14.0. The maximum absolute atomic E-state index is 14.5. The Hall–Kier alpha value is -2.39. The second-order valence-corrected chi connectivity index (χ2v) is 6.91. The van der Waals surface area contributed by atoms with E-state index in [0.29, 0.717) is 29.7 Å². The molecule has 0 bridgehead atoms. The first-order chi connectivity index (χ1) is 11.9. The van der Waals surface area contributed by atoms with Crippen molar-refractivity contribution in [3.05, 3.63) is 42.1 Å². The molecule has 1 aliphatic rings. The number of aromatic hydroxyl groups is 1. The van der Waals surface area contributed by atoms with Gasteiger partial charge in [-0.25, -0.2) is 8.78 Å². The van der Waals surface area contributed by atoms with Crippen LogP contribution in [0.5, 0.6) is 5.75 Å². The number of alkyl halides is 1. The lowest BCUT2D eigenvalue weighted by molar-refractivity contribution is 0.0182. The van der Waals surface area contributed by atoms with Crippen molar-refractivity contribution in [2.75, 3.05) is 13.1 Å². The van der Waals surface area contributed by atoms with Crippen LogP contribution in [0.3, 0.4) is 0 Å². The summed E-state index contributed by atoms with van der Waals surface area (Å²) in [6.07, 6.45) is 2.47. The molecule has 1 saturated heterocycles. The average Bonchev–Trinajstić information content (AvgIpc) is 3.09. The van der Waals surface area contributed by atoms with E-state index in [1.807, 2.05) is 11.0 Å². The summed E-state index contributed by atoms with van der Waals surface area (Å²) in [7, 11) is 0. The van der Waals surface area contributed by atoms with E-state index in [9.17, 15) is 13.9 Å². The molecule has 2 unspecified atom stereocenters. The van der Waals surface area contributed by atoms with Gasteiger partial charge < -0.3 is 9.52 Å². The normalized spacial score (nSPS) is 24.2. The molecule has 0 amide bonds. The molecule has 1 N–H and O–H groups in total. The Bertz CT molecular complexity index is 785. The van der Waals surface area contributed by atoms with Gasteiger partial charge >= 0.3 is 0 Å². The lowest BCUT2D eigenvalue weighted by atomic mass is 9.76. The summed E-state index contributed by atoms with van der Waals surface area (Å²) < 4.78 is 33.9. The fourth-order valence-electron chi connectivity index (χ4n) is 3.25. The van der Waals surface area contributed by atoms with Gasteiger partial charge in [-0.3, -0.25) is 4.90 Å². The van der Waals surface area contributed by atoms with Crippen LogP contribution < -0.4 is 0 Å². The van der Waals surface area contributed by atoms with E-state index in [2.05, 4.69) is 0 Å². The predicted octanol–water partition coefficient (Wildman–Crippen LogP) is 4.26. The number of rotatable bonds is 4. The molecule has 0 spiro atoms. The van der Waals surface area contributed by atoms with Gasteiger partial charge in [0.15, 0.2) is 0 Å². The zero-order chi connectivity index (χ0) is 18.0. The Kier molecular flexibility index (Phi) is 4.78. The van der Waals surface area contributed by atoms with Gasteiger partial charge in [-0.2, -0.15) is 5.26 Å². The SMILES string of the molecule is CC1(CC#N)CCN(Cc2cc(O)c(-c3ccoc3)cc2F)CC1F. The van der Waals surface area contributed by atoms with Crippen molar-refractivity contribution in [3.8, 4) is 22.9 Å². The van der Waals surface area contributed by atoms with Crippen LogP contribution in [0.4, 0.5) is 8.78 Å². The molecule has 2 heterocycles. The molecule has 132 valence electrons. The maximum atomic E-state index is 14.5. The molecule has 1 fully saturated rings. The minimum Gasteiger partial charge on any atom is -0.507 e. The van der Waals surface area contributed by atoms with Crippen LogP contribution >= 0.6 is 0 Å². The van der Waals surface area contributed by atoms with Crippen molar-refractivity contribution in [1.82, 2.24) is 4.90 Å². The largest absolute Gasteiger partial charge is 0.507 e. The molecular formula is C19H20F2N2O2. The zero-order valence-electron chi connectivity index (χ0n) is 14.0. The summed E-state index contributed by atoms with van der Waals surface area (Å²) in [5.74, 6) is -0.490. The number of likely N-dealkylation sites (tertiary alicyclic amines) is 1. The quantitative estimate of drug-likeness (QED) is 0.899. The van der Waals surface area contributed by atoms with Crippen LogP contribution in [0, 0.1) is 22.6 Å². The fraction of sp³-hybridized carbons (Fsp3) is 0.421. The number of hydrogen-bond acceptors (Lipinski definition) is 4. The number of phenolic OH excluding ortho intramolecular Hbond substituents is 1. The number of furan rings is 1. The molecule has 6 heteroatoms. The maximum Gasteiger partial charge on any atom is 0.128 e. The summed E-state index contributed by atoms with van der Waals surface area (Å²) in [5, 5.41) is 19.0. The first kappa shape index (κ1) is 17.4. The predicted molar refractivity (Wildman–Crippen MR) is 88.9 cm³/mol. The molecule has 2 atom stereocenters. The number of nitrogens with zero attached hydrogens (tertiary/aromatic N) is 2. The van der Waals surface area contributed by atoms with Crippen molar-refractivity contribution in [2.45, 2.75) is 32.5 Å². The summed E-state index contributed by atoms with van der Waals surface area (Å²) in [6, 6.07) is 6.34. The monoisotopic (exact) mass is 346 g/mol. The van der Waals surface area contributed by atoms with Gasteiger partial charge in [0.1, 0.15) is 17.7 Å². The third-order valence-corrected chi connectivity index (χ3v) is 5.05. The van der Waals surface area contributed by atoms with Crippen LogP contribution in [-0.4, -0.2) is 29.3 Å². The van der Waals surface area contributed by atoms with Gasteiger partial charge in [0.05, 0.1) is 18.6 Å². The van der Waals surface area contributed by atoms with Crippen LogP contribution in [0.25, 0.3) is 11.1 Å². The van der Waals surface area contributed by atoms with Crippen molar-refractivity contribution < 1.29 is 18.3 Å². The number of benzene rings is 1. The van der Waals surface area contributed by atoms with E-state index < -0.39 is 17.4 Å². The molecular weight excluding hydrogens is 326 g/mol. The number of hydrogen-bond donors (Lipinski definition) is 1. The van der Waals surface area contributed by atoms with Gasteiger partial charge in [-0.1, -0.05) is 6.92 Å². The van der Waals surface area contributed by atoms with E-state index >= 15 is 0 Å². The molecule has 1 aromatic carbocycles. The number of halogens is 2. The number of piperidine rings is 1. The summed E-state index contributed by atoms with van der Waals surface area (Å²) in [6.45, 7) is 2.74. The molecule has 0 aliphatic carbocycles. The van der Waals surface area contributed by atoms with Gasteiger partial charge in [0.25, 0.3) is 0 Å². The van der Waals surface area contributed by atoms with E-state index in [0.717, 1.165) is 0 Å². The number of phenols is 1. The summed E-state index contributed by atoms with van der Waals surface area (Å²) in [5.41, 5.74) is 0.633. The average molecular weight is 346 g/mol. The molecule has 3 rings (SSSR count). The summed E-state index contributed by atoms with van der Waals surface area (Å²) in [4.78, 5) is 1.82. The van der Waals surface area contributed by atoms with Crippen molar-refractivity contribution >= 4 is 0 Å². The van der Waals surface area contributed by atoms with Crippen LogP contribution in [0.15, 0.2) is 35.1 Å². The third-order valence-electron chi connectivity index (χ3n) is 5.05. The highest BCUT2D eigenvalue weighted by molar-refractivity contribution is 5.69. The lowest BCUT2D eigenvalue weighted by Gasteiger charge is -2.41. The second kappa shape index (κ2) is 6.85. The van der Waals surface area contributed by atoms with Gasteiger partial charge in [0.2, 0.25) is 0 Å². The topological polar surface area (TPSA) is 60.4 Å². The smallest absolute Gasteiger partial charge is 0.128 e. The fourth-order valence-corrected chi connectivity index (χ4v) is 3.25. The van der Waals surface area contributed by atoms with E-state index in [-0.39, 0.29) is 25.3 Å². The van der Waals surface area contributed by atoms with E-state index in [1.165, 1.54) is 24.7 Å². The molecule has 2 aromatic rings.